The number of carboxylic acid groups (broad SMARTS) is 1. The molecule has 0 bridgehead atoms. The Balaban J connectivity index is -0.000000921. The number of nitrogens with zero attached hydrogens (tertiary/aromatic N) is 2. The number of halogens is 1. The van der Waals surface area contributed by atoms with E-state index in [1.54, 1.807) is 0 Å². The SMILES string of the molecule is C.CC(=O)CCC(=O)O.CCl.[B][C@H]1C[C@H](N)[C@@H](CO)O1.[B][C@H]1C[C@H](NC)[C@@H](CO)O1.[B][C@H]1C[C@H](NC)[C@@H](CO)O1.[B][C@H]1C[C@H](NC)[C@@H](COC(=O)CCC(C)=O)O1.[B][C@H]1C[C@H](NC)[C@@H](COP(OCCC#N)N(C(C)C)C(C)C)O1. The largest absolute Gasteiger partial charge is 0.481 e. The van der Waals surface area contributed by atoms with Gasteiger partial charge in [-0.05, 0) is 102 Å². The first-order valence-electron chi connectivity index (χ1n) is 26.6. The van der Waals surface area contributed by atoms with E-state index in [0.717, 1.165) is 19.3 Å². The van der Waals surface area contributed by atoms with Gasteiger partial charge in [0, 0.05) is 91.5 Å². The minimum absolute atomic E-state index is 0. The van der Waals surface area contributed by atoms with E-state index in [0.29, 0.717) is 32.5 Å². The molecule has 0 amide bonds. The van der Waals surface area contributed by atoms with E-state index in [-0.39, 0.29) is 180 Å². The van der Waals surface area contributed by atoms with Crippen molar-refractivity contribution < 1.29 is 77.1 Å². The van der Waals surface area contributed by atoms with Gasteiger partial charge in [0.05, 0.1) is 82.8 Å². The molecule has 5 fully saturated rings. The second-order valence-corrected chi connectivity index (χ2v) is 20.8. The van der Waals surface area contributed by atoms with Gasteiger partial charge in [0.25, 0.3) is 8.53 Å². The summed E-state index contributed by atoms with van der Waals surface area (Å²) in [5.41, 5.74) is 5.51. The van der Waals surface area contributed by atoms with Crippen LogP contribution >= 0.6 is 20.1 Å². The predicted octanol–water partition coefficient (Wildman–Crippen LogP) is 0.142. The van der Waals surface area contributed by atoms with Crippen LogP contribution < -0.4 is 27.0 Å². The Hall–Kier alpha value is -1.83. The second kappa shape index (κ2) is 48.4. The summed E-state index contributed by atoms with van der Waals surface area (Å²) >= 11 is 4.64. The molecule has 30 heteroatoms. The molecule has 0 saturated carbocycles. The maximum atomic E-state index is 11.3. The number of rotatable bonds is 24. The molecule has 5 heterocycles. The highest BCUT2D eigenvalue weighted by Gasteiger charge is 2.36. The maximum absolute atomic E-state index is 11.3. The molecular formula is C50H96B5ClN7O16P. The first-order valence-corrected chi connectivity index (χ1v) is 28.5. The Morgan fingerprint density at radius 3 is 1.26 bits per heavy atom. The molecule has 0 spiro atoms. The molecule has 5 aliphatic heterocycles. The molecule has 0 aromatic heterocycles. The third-order valence-corrected chi connectivity index (χ3v) is 14.4. The van der Waals surface area contributed by atoms with Gasteiger partial charge in [-0.3, -0.25) is 9.59 Å². The van der Waals surface area contributed by atoms with Crippen LogP contribution in [0, 0.1) is 11.3 Å². The van der Waals surface area contributed by atoms with Crippen LogP contribution in [0.3, 0.4) is 0 Å². The summed E-state index contributed by atoms with van der Waals surface area (Å²) in [6.45, 7) is 12.3. The van der Waals surface area contributed by atoms with Crippen LogP contribution in [0.1, 0.15) is 113 Å². The smallest absolute Gasteiger partial charge is 0.306 e. The van der Waals surface area contributed by atoms with Crippen LogP contribution in [0.5, 0.6) is 0 Å². The summed E-state index contributed by atoms with van der Waals surface area (Å²) in [6.07, 6.45) is 5.16. The first kappa shape index (κ1) is 82.4. The number of nitrogens with one attached hydrogen (secondary N) is 4. The van der Waals surface area contributed by atoms with Gasteiger partial charge < -0.3 is 94.5 Å². The van der Waals surface area contributed by atoms with Crippen LogP contribution in [0.25, 0.3) is 0 Å². The number of likely N-dealkylation sites (N-methyl/N-ethyl adjacent to an activating group) is 4. The lowest BCUT2D eigenvalue weighted by Gasteiger charge is -2.36. The molecule has 10 N–H and O–H groups in total. The molecule has 454 valence electrons. The number of carboxylic acids is 1. The number of aliphatic hydroxyl groups excluding tert-OH is 3. The average Bonchev–Trinajstić information content (AvgIpc) is 4.24. The van der Waals surface area contributed by atoms with E-state index < -0.39 is 14.5 Å². The van der Waals surface area contributed by atoms with E-state index in [1.807, 2.05) is 28.2 Å². The summed E-state index contributed by atoms with van der Waals surface area (Å²) in [5, 5.41) is 55.2. The number of carbonyl (C=O) groups is 4. The Morgan fingerprint density at radius 1 is 0.625 bits per heavy atom. The molecule has 23 nitrogen and oxygen atoms in total. The highest BCUT2D eigenvalue weighted by atomic mass is 35.5. The van der Waals surface area contributed by atoms with Crippen molar-refractivity contribution in [3.05, 3.63) is 0 Å². The predicted molar refractivity (Wildman–Crippen MR) is 314 cm³/mol. The molecule has 0 aliphatic carbocycles. The van der Waals surface area contributed by atoms with Crippen LogP contribution in [0.4, 0.5) is 0 Å². The van der Waals surface area contributed by atoms with E-state index in [1.165, 1.54) is 20.2 Å². The Labute approximate surface area is 491 Å². The molecule has 0 aromatic rings. The number of ketones is 2. The van der Waals surface area contributed by atoms with Gasteiger partial charge in [-0.15, -0.1) is 11.6 Å². The zero-order valence-corrected chi connectivity index (χ0v) is 50.2. The third-order valence-electron chi connectivity index (χ3n) is 12.3. The van der Waals surface area contributed by atoms with Gasteiger partial charge in [0.15, 0.2) is 0 Å². The molecule has 80 heavy (non-hydrogen) atoms. The number of hydrogen-bond donors (Lipinski definition) is 9. The van der Waals surface area contributed by atoms with Crippen molar-refractivity contribution >= 4 is 82.9 Å². The topological polar surface area (TPSA) is 324 Å². The number of ether oxygens (including phenoxy) is 6. The quantitative estimate of drug-likeness (QED) is 0.0204. The highest BCUT2D eigenvalue weighted by Crippen LogP contribution is 2.46. The average molecular weight is 1170 g/mol. The van der Waals surface area contributed by atoms with Crippen molar-refractivity contribution in [3.8, 4) is 6.07 Å². The van der Waals surface area contributed by atoms with E-state index in [9.17, 15) is 19.2 Å². The van der Waals surface area contributed by atoms with Crippen LogP contribution in [-0.4, -0.2) is 265 Å². The summed E-state index contributed by atoms with van der Waals surface area (Å²) < 4.78 is 45.7. The fourth-order valence-electron chi connectivity index (χ4n) is 8.21. The molecule has 5 aliphatic rings. The molecule has 10 radical (unpaired) electrons. The standard InChI is InChI=1S/C15H29BN3O3P.C11H18BNO4.2C6H12BNO2.C5H10BNO2.C5H8O3.CH3Cl.CH4/c1-11(2)19(12(3)4)23(20-8-6-7-17)21-10-14-13(18-5)9-15(16)22-14;1-7(14)3-4-11(15)16-6-9-8(13-2)5-10(12)17-9;2*1-8-4-2-6(7)10-5(4)3-9;6-5-1-3(7)4(2-8)9-5;1-4(6)2-3-5(7)8;1-2;/h11-15,18H,6,8-10H2,1-5H3;8-10,13H,3-6H2,1-2H3;2*4-6,8-9H,2-3H2,1H3;3-5,8H,1-2,7H2;2-3H2,1H3,(H,7,8);1H3;1H4/t13-,14+,15+,23?;8-,9+,10+;2*4-,5+,6+;3-,4+,5+;;;/m00000.../s1. The van der Waals surface area contributed by atoms with Crippen LogP contribution in [-0.2, 0) is 56.6 Å². The summed E-state index contributed by atoms with van der Waals surface area (Å²) in [4.78, 5) is 41.8. The van der Waals surface area contributed by atoms with Crippen molar-refractivity contribution in [2.75, 3.05) is 74.2 Å². The maximum Gasteiger partial charge on any atom is 0.306 e. The summed E-state index contributed by atoms with van der Waals surface area (Å²) in [7, 11) is 34.0. The number of hydrogen-bond acceptors (Lipinski definition) is 22. The van der Waals surface area contributed by atoms with Crippen molar-refractivity contribution in [2.24, 2.45) is 5.73 Å². The Kier molecular flexibility index (Phi) is 49.9. The molecule has 0 aromatic carbocycles. The number of alkyl halides is 1. The first-order chi connectivity index (χ1) is 37.3. The zero-order valence-electron chi connectivity index (χ0n) is 48.5. The lowest BCUT2D eigenvalue weighted by atomic mass is 9.95. The summed E-state index contributed by atoms with van der Waals surface area (Å²) in [5.74, 6) is -1.39. The highest BCUT2D eigenvalue weighted by molar-refractivity contribution is 7.44. The van der Waals surface area contributed by atoms with Gasteiger partial charge in [-0.2, -0.15) is 5.26 Å². The van der Waals surface area contributed by atoms with Crippen LogP contribution in [0.15, 0.2) is 0 Å². The normalized spacial score (nSPS) is 29.4. The minimum atomic E-state index is -1.24. The molecular weight excluding hydrogens is 1080 g/mol. The molecule has 5 rings (SSSR count). The van der Waals surface area contributed by atoms with Crippen molar-refractivity contribution in [1.29, 1.82) is 5.26 Å². The van der Waals surface area contributed by atoms with Gasteiger partial charge in [-0.1, -0.05) is 7.43 Å². The number of nitriles is 1. The van der Waals surface area contributed by atoms with Crippen LogP contribution in [0.2, 0.25) is 0 Å². The minimum Gasteiger partial charge on any atom is -0.481 e. The van der Waals surface area contributed by atoms with E-state index in [2.05, 4.69) is 71.3 Å². The van der Waals surface area contributed by atoms with Gasteiger partial charge in [-0.25, -0.2) is 4.67 Å². The van der Waals surface area contributed by atoms with Gasteiger partial charge in [0.2, 0.25) is 0 Å². The number of aliphatic carboxylic acids is 1. The number of nitrogens with two attached hydrogens (primary N) is 1. The fraction of sp³-hybridized carbons (Fsp3) is 0.900. The number of Topliss-reactive ketones (excluding diaryl/α,β-unsaturated/α-hetero) is 2. The summed E-state index contributed by atoms with van der Waals surface area (Å²) in [6, 6.07) is 2.02. The van der Waals surface area contributed by atoms with Crippen molar-refractivity contribution in [3.63, 3.8) is 0 Å². The lowest BCUT2D eigenvalue weighted by Crippen LogP contribution is -2.38. The fourth-order valence-corrected chi connectivity index (χ4v) is 9.83. The number of esters is 1. The molecule has 5 saturated heterocycles. The molecule has 16 atom stereocenters. The molecule has 1 unspecified atom stereocenters. The third kappa shape index (κ3) is 36.1. The van der Waals surface area contributed by atoms with Crippen molar-refractivity contribution in [1.82, 2.24) is 25.9 Å². The van der Waals surface area contributed by atoms with Gasteiger partial charge >= 0.3 is 11.9 Å². The van der Waals surface area contributed by atoms with Crippen molar-refractivity contribution in [2.45, 2.75) is 216 Å². The lowest BCUT2D eigenvalue weighted by molar-refractivity contribution is -0.148. The zero-order chi connectivity index (χ0) is 60.8. The number of aliphatic hydroxyl groups is 3. The second-order valence-electron chi connectivity index (χ2n) is 19.4. The Bertz CT molecular complexity index is 1600. The Morgan fingerprint density at radius 2 is 0.975 bits per heavy atom. The van der Waals surface area contributed by atoms with E-state index >= 15 is 0 Å². The van der Waals surface area contributed by atoms with E-state index in [4.69, 9.17) is 108 Å². The monoisotopic (exact) mass is 1170 g/mol. The van der Waals surface area contributed by atoms with Gasteiger partial charge in [0.1, 0.15) is 63.5 Å². The number of carbonyl (C=O) groups excluding carboxylic acids is 3.